The first-order chi connectivity index (χ1) is 19.4. The molecule has 4 heterocycles. The number of aromatic nitrogens is 1. The van der Waals surface area contributed by atoms with E-state index in [2.05, 4.69) is 36.8 Å². The molecule has 1 atom stereocenters. The van der Waals surface area contributed by atoms with Crippen molar-refractivity contribution in [3.05, 3.63) is 75.5 Å². The molecule has 40 heavy (non-hydrogen) atoms. The van der Waals surface area contributed by atoms with E-state index < -0.39 is 12.0 Å². The largest absolute Gasteiger partial charge is 0.496 e. The Morgan fingerprint density at radius 1 is 1.20 bits per heavy atom. The van der Waals surface area contributed by atoms with E-state index >= 15 is 0 Å². The number of allylic oxidation sites excluding steroid dienone is 1. The number of piperidine rings is 1. The highest BCUT2D eigenvalue weighted by atomic mass is 79.9. The van der Waals surface area contributed by atoms with Crippen LogP contribution in [0.2, 0.25) is 0 Å². The van der Waals surface area contributed by atoms with Crippen LogP contribution in [-0.4, -0.2) is 37.3 Å². The van der Waals surface area contributed by atoms with E-state index in [1.807, 2.05) is 31.2 Å². The monoisotopic (exact) mass is 691 g/mol. The second-order valence-electron chi connectivity index (χ2n) is 9.65. The van der Waals surface area contributed by atoms with Gasteiger partial charge in [0, 0.05) is 35.3 Å². The SMILES string of the molecule is CCCC1=C(C(=O)OCC)[C@@H](c2cc(Br)ccc2OC)n2c(s/c(=C/c3cc(Br)c(N4CCCCC4)o3)c2=O)=N1. The molecule has 11 heteroatoms. The number of ether oxygens (including phenoxy) is 2. The van der Waals surface area contributed by atoms with E-state index in [4.69, 9.17) is 18.9 Å². The predicted octanol–water partition coefficient (Wildman–Crippen LogP) is 5.70. The van der Waals surface area contributed by atoms with Gasteiger partial charge in [0.2, 0.25) is 5.88 Å². The summed E-state index contributed by atoms with van der Waals surface area (Å²) in [6.45, 7) is 5.89. The molecule has 5 rings (SSSR count). The summed E-state index contributed by atoms with van der Waals surface area (Å²) >= 11 is 8.47. The number of furan rings is 1. The van der Waals surface area contributed by atoms with E-state index in [0.29, 0.717) is 44.1 Å². The molecule has 0 radical (unpaired) electrons. The molecule has 0 N–H and O–H groups in total. The lowest BCUT2D eigenvalue weighted by Gasteiger charge is -2.27. The molecule has 0 spiro atoms. The number of benzene rings is 1. The Kier molecular flexibility index (Phi) is 9.01. The summed E-state index contributed by atoms with van der Waals surface area (Å²) in [7, 11) is 1.58. The van der Waals surface area contributed by atoms with Crippen molar-refractivity contribution < 1.29 is 18.7 Å². The molecule has 0 bridgehead atoms. The minimum absolute atomic E-state index is 0.210. The van der Waals surface area contributed by atoms with Crippen molar-refractivity contribution in [3.8, 4) is 5.75 Å². The van der Waals surface area contributed by atoms with Crippen molar-refractivity contribution in [2.75, 3.05) is 31.7 Å². The minimum Gasteiger partial charge on any atom is -0.496 e. The number of carbonyl (C=O) groups excluding carboxylic acids is 1. The van der Waals surface area contributed by atoms with Crippen molar-refractivity contribution in [3.63, 3.8) is 0 Å². The summed E-state index contributed by atoms with van der Waals surface area (Å²) in [6.07, 6.45) is 6.58. The Morgan fingerprint density at radius 2 is 1.98 bits per heavy atom. The Morgan fingerprint density at radius 3 is 2.67 bits per heavy atom. The van der Waals surface area contributed by atoms with Gasteiger partial charge in [-0.2, -0.15) is 0 Å². The Hall–Kier alpha value is -2.63. The number of anilines is 1. The number of halogens is 2. The molecule has 212 valence electrons. The van der Waals surface area contributed by atoms with E-state index in [1.54, 1.807) is 24.7 Å². The molecule has 2 aliphatic rings. The third kappa shape index (κ3) is 5.60. The smallest absolute Gasteiger partial charge is 0.338 e. The van der Waals surface area contributed by atoms with Gasteiger partial charge in [-0.15, -0.1) is 0 Å². The Labute approximate surface area is 253 Å². The molecule has 1 aromatic carbocycles. The first-order valence-electron chi connectivity index (χ1n) is 13.5. The molecule has 3 aromatic rings. The van der Waals surface area contributed by atoms with Crippen LogP contribution in [0.15, 0.2) is 58.7 Å². The quantitative estimate of drug-likeness (QED) is 0.282. The molecule has 0 unspecified atom stereocenters. The van der Waals surface area contributed by atoms with Crippen LogP contribution >= 0.6 is 43.2 Å². The lowest BCUT2D eigenvalue weighted by atomic mass is 9.93. The summed E-state index contributed by atoms with van der Waals surface area (Å²) in [5, 5.41) is 0. The molecule has 8 nitrogen and oxygen atoms in total. The molecule has 2 aromatic heterocycles. The summed E-state index contributed by atoms with van der Waals surface area (Å²) in [5.74, 6) is 1.43. The second kappa shape index (κ2) is 12.5. The maximum absolute atomic E-state index is 14.1. The molecular formula is C29H31Br2N3O5S. The lowest BCUT2D eigenvalue weighted by molar-refractivity contribution is -0.139. The average Bonchev–Trinajstić information content (AvgIpc) is 3.47. The van der Waals surface area contributed by atoms with Gasteiger partial charge in [-0.3, -0.25) is 9.36 Å². The van der Waals surface area contributed by atoms with Gasteiger partial charge >= 0.3 is 5.97 Å². The van der Waals surface area contributed by atoms with Crippen molar-refractivity contribution >= 4 is 61.1 Å². The number of methoxy groups -OCH3 is 1. The third-order valence-electron chi connectivity index (χ3n) is 6.98. The Balaban J connectivity index is 1.71. The topological polar surface area (TPSA) is 86.3 Å². The molecule has 1 saturated heterocycles. The zero-order chi connectivity index (χ0) is 28.4. The summed E-state index contributed by atoms with van der Waals surface area (Å²) in [5.41, 5.74) is 1.38. The molecule has 1 fully saturated rings. The number of hydrogen-bond donors (Lipinski definition) is 0. The zero-order valence-electron chi connectivity index (χ0n) is 22.7. The minimum atomic E-state index is -0.765. The third-order valence-corrected chi connectivity index (χ3v) is 9.03. The van der Waals surface area contributed by atoms with Crippen LogP contribution in [0.3, 0.4) is 0 Å². The molecule has 0 amide bonds. The van der Waals surface area contributed by atoms with Crippen molar-refractivity contribution in [2.24, 2.45) is 4.99 Å². The fourth-order valence-corrected chi connectivity index (χ4v) is 7.16. The summed E-state index contributed by atoms with van der Waals surface area (Å²) < 4.78 is 21.1. The number of esters is 1. The van der Waals surface area contributed by atoms with E-state index in [-0.39, 0.29) is 12.2 Å². The Bertz CT molecular complexity index is 1630. The van der Waals surface area contributed by atoms with Crippen LogP contribution in [0.5, 0.6) is 5.75 Å². The number of carbonyl (C=O) groups is 1. The van der Waals surface area contributed by atoms with Gasteiger partial charge in [-0.25, -0.2) is 9.79 Å². The first-order valence-corrected chi connectivity index (χ1v) is 15.9. The van der Waals surface area contributed by atoms with Gasteiger partial charge < -0.3 is 18.8 Å². The number of rotatable bonds is 8. The maximum atomic E-state index is 14.1. The van der Waals surface area contributed by atoms with Crippen LogP contribution < -0.4 is 24.5 Å². The fraction of sp³-hybridized carbons (Fsp3) is 0.414. The predicted molar refractivity (Wildman–Crippen MR) is 163 cm³/mol. The number of thiazole rings is 1. The van der Waals surface area contributed by atoms with Gasteiger partial charge in [-0.05, 0) is 66.7 Å². The van der Waals surface area contributed by atoms with Crippen molar-refractivity contribution in [1.29, 1.82) is 0 Å². The van der Waals surface area contributed by atoms with Crippen LogP contribution in [0.1, 0.15) is 63.3 Å². The van der Waals surface area contributed by atoms with Crippen molar-refractivity contribution in [1.82, 2.24) is 4.57 Å². The van der Waals surface area contributed by atoms with Crippen LogP contribution in [0.4, 0.5) is 5.88 Å². The highest BCUT2D eigenvalue weighted by Gasteiger charge is 2.36. The van der Waals surface area contributed by atoms with E-state index in [0.717, 1.165) is 47.2 Å². The highest BCUT2D eigenvalue weighted by Crippen LogP contribution is 2.38. The number of nitrogens with zero attached hydrogens (tertiary/aromatic N) is 3. The standard InChI is InChI=1S/C29H31Br2N3O5S/c1-4-9-21-24(28(36)38-5-2)25(19-14-17(30)10-11-22(19)37-3)34-26(35)23(40-29(34)32-21)16-18-15-20(31)27(39-18)33-12-7-6-8-13-33/h10-11,14-16,25H,4-9,12-13H2,1-3H3/b23-16+/t25-/m1/s1. The lowest BCUT2D eigenvalue weighted by Crippen LogP contribution is -2.40. The van der Waals surface area contributed by atoms with Gasteiger partial charge in [0.15, 0.2) is 4.80 Å². The normalized spacial score (nSPS) is 17.6. The highest BCUT2D eigenvalue weighted by molar-refractivity contribution is 9.10. The second-order valence-corrected chi connectivity index (χ2v) is 12.4. The molecule has 0 saturated carbocycles. The van der Waals surface area contributed by atoms with Gasteiger partial charge in [0.25, 0.3) is 5.56 Å². The first kappa shape index (κ1) is 28.9. The van der Waals surface area contributed by atoms with Gasteiger partial charge in [0.05, 0.1) is 34.0 Å². The zero-order valence-corrected chi connectivity index (χ0v) is 26.7. The van der Waals surface area contributed by atoms with Crippen LogP contribution in [0.25, 0.3) is 6.08 Å². The van der Waals surface area contributed by atoms with Gasteiger partial charge in [-0.1, -0.05) is 40.6 Å². The van der Waals surface area contributed by atoms with E-state index in [1.165, 1.54) is 17.8 Å². The summed E-state index contributed by atoms with van der Waals surface area (Å²) in [6, 6.07) is 6.69. The fourth-order valence-electron chi connectivity index (χ4n) is 5.22. The average molecular weight is 693 g/mol. The maximum Gasteiger partial charge on any atom is 0.338 e. The molecule has 2 aliphatic heterocycles. The van der Waals surface area contributed by atoms with Gasteiger partial charge in [0.1, 0.15) is 17.6 Å². The number of hydrogen-bond acceptors (Lipinski definition) is 8. The molecule has 0 aliphatic carbocycles. The van der Waals surface area contributed by atoms with E-state index in [9.17, 15) is 9.59 Å². The molecular weight excluding hydrogens is 662 g/mol. The number of fused-ring (bicyclic) bond motifs is 1. The summed E-state index contributed by atoms with van der Waals surface area (Å²) in [4.78, 5) is 35.1. The van der Waals surface area contributed by atoms with Crippen LogP contribution in [0, 0.1) is 0 Å². The van der Waals surface area contributed by atoms with Crippen molar-refractivity contribution in [2.45, 2.75) is 52.0 Å². The van der Waals surface area contributed by atoms with Crippen LogP contribution in [-0.2, 0) is 9.53 Å².